The largest absolute Gasteiger partial charge is 0.333 e. The van der Waals surface area contributed by atoms with Crippen LogP contribution < -0.4 is 4.90 Å². The lowest BCUT2D eigenvalue weighted by atomic mass is 9.82. The molecule has 0 radical (unpaired) electrons. The Kier molecular flexibility index (Phi) is 7.29. The number of fused-ring (bicyclic) bond motifs is 7. The van der Waals surface area contributed by atoms with Crippen molar-refractivity contribution in [3.63, 3.8) is 0 Å². The Bertz CT molecular complexity index is 2460. The van der Waals surface area contributed by atoms with Gasteiger partial charge in [0.25, 0.3) is 0 Å². The predicted octanol–water partition coefficient (Wildman–Crippen LogP) is 12.4. The molecule has 9 rings (SSSR count). The highest BCUT2D eigenvalue weighted by atomic mass is 15.2. The van der Waals surface area contributed by atoms with Crippen LogP contribution in [0.5, 0.6) is 0 Å². The third-order valence-corrected chi connectivity index (χ3v) is 10.3. The molecule has 0 saturated heterocycles. The minimum Gasteiger partial charge on any atom is -0.333 e. The van der Waals surface area contributed by atoms with Crippen molar-refractivity contribution in [1.29, 1.82) is 0 Å². The molecule has 238 valence electrons. The first-order chi connectivity index (χ1) is 24.7. The molecule has 0 spiro atoms. The van der Waals surface area contributed by atoms with Crippen LogP contribution in [-0.4, -0.2) is 10.6 Å². The summed E-state index contributed by atoms with van der Waals surface area (Å²) in [6.45, 7) is 7.80. The highest BCUT2D eigenvalue weighted by Crippen LogP contribution is 2.54. The van der Waals surface area contributed by atoms with E-state index in [9.17, 15) is 0 Å². The lowest BCUT2D eigenvalue weighted by Gasteiger charge is -2.31. The van der Waals surface area contributed by atoms with Crippen molar-refractivity contribution in [2.75, 3.05) is 4.90 Å². The summed E-state index contributed by atoms with van der Waals surface area (Å²) in [5, 5.41) is 1.31. The summed E-state index contributed by atoms with van der Waals surface area (Å²) < 4.78 is 2.48. The number of aromatic nitrogens is 1. The molecule has 1 aromatic heterocycles. The topological polar surface area (TPSA) is 8.17 Å². The molecule has 1 aliphatic heterocycles. The average Bonchev–Trinajstić information content (AvgIpc) is 3.70. The molecule has 7 aromatic rings. The van der Waals surface area contributed by atoms with E-state index in [4.69, 9.17) is 0 Å². The SMILES string of the molecule is C=C/C=C(\C=C)c1ccc(-c2ccc(N3c4ccccc4C4c5c(n(-c6ccccc6-c6ccccc6)c6ccccc56)C=CC43)cc2)cc1. The summed E-state index contributed by atoms with van der Waals surface area (Å²) >= 11 is 0. The van der Waals surface area contributed by atoms with Crippen molar-refractivity contribution in [1.82, 2.24) is 4.57 Å². The van der Waals surface area contributed by atoms with Crippen LogP contribution >= 0.6 is 0 Å². The summed E-state index contributed by atoms with van der Waals surface area (Å²) in [6, 6.07) is 55.3. The minimum atomic E-state index is 0.155. The van der Waals surface area contributed by atoms with Crippen LogP contribution in [0.2, 0.25) is 0 Å². The number of nitrogens with zero attached hydrogens (tertiary/aromatic N) is 2. The van der Waals surface area contributed by atoms with Crippen molar-refractivity contribution in [2.24, 2.45) is 0 Å². The van der Waals surface area contributed by atoms with Crippen LogP contribution in [0, 0.1) is 0 Å². The molecule has 2 aliphatic rings. The molecule has 1 aliphatic carbocycles. The van der Waals surface area contributed by atoms with Crippen LogP contribution in [-0.2, 0) is 0 Å². The zero-order valence-electron chi connectivity index (χ0n) is 27.8. The minimum absolute atomic E-state index is 0.155. The zero-order valence-corrected chi connectivity index (χ0v) is 27.8. The maximum absolute atomic E-state index is 3.96. The van der Waals surface area contributed by atoms with Gasteiger partial charge in [0.15, 0.2) is 0 Å². The van der Waals surface area contributed by atoms with Gasteiger partial charge >= 0.3 is 0 Å². The van der Waals surface area contributed by atoms with Crippen LogP contribution in [0.15, 0.2) is 189 Å². The number of allylic oxidation sites excluding steroid dienone is 4. The van der Waals surface area contributed by atoms with Crippen LogP contribution in [0.3, 0.4) is 0 Å². The van der Waals surface area contributed by atoms with Gasteiger partial charge in [-0.15, -0.1) is 0 Å². The van der Waals surface area contributed by atoms with Gasteiger partial charge in [-0.2, -0.15) is 0 Å². The second kappa shape index (κ2) is 12.3. The Morgan fingerprint density at radius 3 is 2.02 bits per heavy atom. The fourth-order valence-corrected chi connectivity index (χ4v) is 8.13. The monoisotopic (exact) mass is 640 g/mol. The van der Waals surface area contributed by atoms with Gasteiger partial charge in [-0.05, 0) is 75.4 Å². The van der Waals surface area contributed by atoms with Gasteiger partial charge in [0, 0.05) is 28.2 Å². The third-order valence-electron chi connectivity index (χ3n) is 10.3. The van der Waals surface area contributed by atoms with E-state index in [2.05, 4.69) is 186 Å². The summed E-state index contributed by atoms with van der Waals surface area (Å²) in [5.41, 5.74) is 15.9. The van der Waals surface area contributed by atoms with Crippen LogP contribution in [0.1, 0.15) is 28.3 Å². The second-order valence-corrected chi connectivity index (χ2v) is 13.0. The van der Waals surface area contributed by atoms with E-state index in [0.717, 1.165) is 11.1 Å². The fourth-order valence-electron chi connectivity index (χ4n) is 8.13. The Morgan fingerprint density at radius 1 is 0.600 bits per heavy atom. The first-order valence-corrected chi connectivity index (χ1v) is 17.3. The third kappa shape index (κ3) is 4.72. The molecule has 2 unspecified atom stereocenters. The molecule has 0 N–H and O–H groups in total. The van der Waals surface area contributed by atoms with Gasteiger partial charge in [-0.25, -0.2) is 0 Å². The van der Waals surface area contributed by atoms with Crippen molar-refractivity contribution in [3.05, 3.63) is 212 Å². The number of anilines is 2. The Balaban J connectivity index is 1.14. The van der Waals surface area contributed by atoms with Gasteiger partial charge in [0.2, 0.25) is 0 Å². The van der Waals surface area contributed by atoms with E-state index in [1.54, 1.807) is 6.08 Å². The number of hydrogen-bond donors (Lipinski definition) is 0. The van der Waals surface area contributed by atoms with Crippen molar-refractivity contribution in [3.8, 4) is 27.9 Å². The molecule has 2 heterocycles. The molecule has 0 fully saturated rings. The molecule has 50 heavy (non-hydrogen) atoms. The van der Waals surface area contributed by atoms with Crippen molar-refractivity contribution >= 4 is 33.9 Å². The Labute approximate surface area is 293 Å². The van der Waals surface area contributed by atoms with Crippen LogP contribution in [0.4, 0.5) is 11.4 Å². The van der Waals surface area contributed by atoms with E-state index in [1.807, 2.05) is 12.2 Å². The lowest BCUT2D eigenvalue weighted by Crippen LogP contribution is -2.30. The summed E-state index contributed by atoms with van der Waals surface area (Å²) in [6.07, 6.45) is 10.5. The second-order valence-electron chi connectivity index (χ2n) is 13.0. The number of benzene rings is 6. The van der Waals surface area contributed by atoms with E-state index in [-0.39, 0.29) is 12.0 Å². The van der Waals surface area contributed by atoms with Gasteiger partial charge < -0.3 is 9.47 Å². The van der Waals surface area contributed by atoms with E-state index < -0.39 is 0 Å². The molecular weight excluding hydrogens is 605 g/mol. The normalized spacial score (nSPS) is 16.2. The molecule has 2 nitrogen and oxygen atoms in total. The molecule has 2 heteroatoms. The molecule has 0 bridgehead atoms. The summed E-state index contributed by atoms with van der Waals surface area (Å²) in [4.78, 5) is 2.53. The van der Waals surface area contributed by atoms with Crippen LogP contribution in [0.25, 0.3) is 50.5 Å². The van der Waals surface area contributed by atoms with E-state index >= 15 is 0 Å². The maximum Gasteiger partial charge on any atom is 0.0637 e. The van der Waals surface area contributed by atoms with Gasteiger partial charge in [-0.1, -0.05) is 159 Å². The van der Waals surface area contributed by atoms with Gasteiger partial charge in [-0.3, -0.25) is 0 Å². The predicted molar refractivity (Wildman–Crippen MR) is 212 cm³/mol. The molecule has 2 atom stereocenters. The molecular formula is C48H36N2. The summed E-state index contributed by atoms with van der Waals surface area (Å²) in [5.74, 6) is 0.191. The van der Waals surface area contributed by atoms with Gasteiger partial charge in [0.1, 0.15) is 0 Å². The van der Waals surface area contributed by atoms with Gasteiger partial charge in [0.05, 0.1) is 22.9 Å². The number of para-hydroxylation sites is 3. The Hall–Kier alpha value is -6.38. The Morgan fingerprint density at radius 2 is 1.26 bits per heavy atom. The fraction of sp³-hybridized carbons (Fsp3) is 0.0417. The molecule has 6 aromatic carbocycles. The number of rotatable bonds is 7. The zero-order chi connectivity index (χ0) is 33.6. The smallest absolute Gasteiger partial charge is 0.0637 e. The quantitative estimate of drug-likeness (QED) is 0.157. The molecule has 0 saturated carbocycles. The highest BCUT2D eigenvalue weighted by molar-refractivity contribution is 5.95. The highest BCUT2D eigenvalue weighted by Gasteiger charge is 2.43. The molecule has 0 amide bonds. The van der Waals surface area contributed by atoms with E-state index in [1.165, 1.54) is 67.0 Å². The first kappa shape index (κ1) is 29.7. The van der Waals surface area contributed by atoms with E-state index in [0.29, 0.717) is 0 Å². The lowest BCUT2D eigenvalue weighted by molar-refractivity contribution is 0.725. The van der Waals surface area contributed by atoms with Crippen molar-refractivity contribution in [2.45, 2.75) is 12.0 Å². The maximum atomic E-state index is 3.96. The average molecular weight is 641 g/mol. The summed E-state index contributed by atoms with van der Waals surface area (Å²) in [7, 11) is 0. The standard InChI is InChI=1S/C48H36N2/c1-3-14-33(4-2)34-23-25-35(26-24-34)36-27-29-38(30-28-36)49-43-21-12-9-18-40(43)47-45(49)31-32-46-48(47)41-19-10-13-22-44(41)50(46)42-20-11-8-17-39(42)37-15-6-5-7-16-37/h3-32,45,47H,1-2H2/b33-14+. The van der Waals surface area contributed by atoms with Crippen molar-refractivity contribution < 1.29 is 0 Å². The number of hydrogen-bond acceptors (Lipinski definition) is 1. The first-order valence-electron chi connectivity index (χ1n) is 17.3.